The number of aromatic amines is 1. The Kier molecular flexibility index (Phi) is 6.16. The molecular weight excluding hydrogens is 387 g/mol. The van der Waals surface area contributed by atoms with E-state index in [4.69, 9.17) is 0 Å². The summed E-state index contributed by atoms with van der Waals surface area (Å²) in [7, 11) is 0. The van der Waals surface area contributed by atoms with Gasteiger partial charge in [0, 0.05) is 34.4 Å². The van der Waals surface area contributed by atoms with Crippen LogP contribution in [0.2, 0.25) is 0 Å². The number of aromatic nitrogens is 1. The molecule has 0 spiro atoms. The molecule has 4 nitrogen and oxygen atoms in total. The number of ketones is 1. The number of carbonyl (C=O) groups excluding carboxylic acids is 2. The maximum atomic E-state index is 14.0. The van der Waals surface area contributed by atoms with Crippen molar-refractivity contribution in [1.29, 1.82) is 0 Å². The molecule has 25 heavy (non-hydrogen) atoms. The number of hydrogen-bond donors (Lipinski definition) is 1. The third-order valence-corrected chi connectivity index (χ3v) is 4.74. The van der Waals surface area contributed by atoms with Crippen LogP contribution in [-0.2, 0) is 13.0 Å². The highest BCUT2D eigenvalue weighted by atomic mass is 79.9. The molecule has 134 valence electrons. The van der Waals surface area contributed by atoms with Gasteiger partial charge in [-0.1, -0.05) is 22.9 Å². The number of halogens is 2. The molecule has 0 unspecified atom stereocenters. The molecule has 1 aromatic heterocycles. The lowest BCUT2D eigenvalue weighted by Crippen LogP contribution is -2.31. The monoisotopic (exact) mass is 408 g/mol. The summed E-state index contributed by atoms with van der Waals surface area (Å²) in [5, 5.41) is 0. The van der Waals surface area contributed by atoms with Crippen LogP contribution in [0.3, 0.4) is 0 Å². The fourth-order valence-corrected chi connectivity index (χ4v) is 3.45. The van der Waals surface area contributed by atoms with Crippen LogP contribution in [0.15, 0.2) is 22.7 Å². The summed E-state index contributed by atoms with van der Waals surface area (Å²) in [5.74, 6) is -0.641. The molecular formula is C19H22BrFN2O2. The van der Waals surface area contributed by atoms with Gasteiger partial charge >= 0.3 is 0 Å². The largest absolute Gasteiger partial charge is 0.354 e. The molecule has 0 aliphatic rings. The van der Waals surface area contributed by atoms with E-state index in [-0.39, 0.29) is 24.1 Å². The van der Waals surface area contributed by atoms with Crippen molar-refractivity contribution in [3.05, 3.63) is 56.6 Å². The maximum absolute atomic E-state index is 14.0. The molecule has 1 aromatic carbocycles. The van der Waals surface area contributed by atoms with E-state index in [2.05, 4.69) is 20.9 Å². The lowest BCUT2D eigenvalue weighted by Gasteiger charge is -2.21. The Labute approximate surface area is 155 Å². The number of hydrogen-bond acceptors (Lipinski definition) is 2. The second kappa shape index (κ2) is 7.95. The van der Waals surface area contributed by atoms with Crippen LogP contribution in [0.1, 0.15) is 58.4 Å². The Balaban J connectivity index is 2.39. The van der Waals surface area contributed by atoms with Crippen LogP contribution in [0.25, 0.3) is 0 Å². The number of H-pyrrole nitrogens is 1. The van der Waals surface area contributed by atoms with Gasteiger partial charge in [0.15, 0.2) is 5.78 Å². The Hall–Kier alpha value is -1.95. The van der Waals surface area contributed by atoms with Gasteiger partial charge in [-0.3, -0.25) is 9.59 Å². The number of nitrogens with zero attached hydrogens (tertiary/aromatic N) is 1. The first-order valence-electron chi connectivity index (χ1n) is 8.25. The van der Waals surface area contributed by atoms with E-state index in [0.29, 0.717) is 35.5 Å². The molecule has 6 heteroatoms. The van der Waals surface area contributed by atoms with Crippen molar-refractivity contribution in [3.63, 3.8) is 0 Å². The minimum absolute atomic E-state index is 0.0641. The van der Waals surface area contributed by atoms with Crippen LogP contribution >= 0.6 is 15.9 Å². The summed E-state index contributed by atoms with van der Waals surface area (Å²) < 4.78 is 14.8. The number of aryl methyl sites for hydroxylation is 1. The summed E-state index contributed by atoms with van der Waals surface area (Å²) >= 11 is 3.33. The van der Waals surface area contributed by atoms with Crippen molar-refractivity contribution >= 4 is 27.6 Å². The fourth-order valence-electron chi connectivity index (χ4n) is 3.04. The number of amides is 1. The maximum Gasteiger partial charge on any atom is 0.270 e. The van der Waals surface area contributed by atoms with Crippen LogP contribution in [0, 0.1) is 12.7 Å². The molecule has 0 aliphatic carbocycles. The summed E-state index contributed by atoms with van der Waals surface area (Å²) in [5.41, 5.74) is 2.86. The predicted molar refractivity (Wildman–Crippen MR) is 99.4 cm³/mol. The molecule has 1 amide bonds. The van der Waals surface area contributed by atoms with Gasteiger partial charge in [0.25, 0.3) is 5.91 Å². The lowest BCUT2D eigenvalue weighted by molar-refractivity contribution is 0.0744. The quantitative estimate of drug-likeness (QED) is 0.706. The summed E-state index contributed by atoms with van der Waals surface area (Å²) in [6, 6.07) is 4.68. The van der Waals surface area contributed by atoms with Crippen LogP contribution in [0.4, 0.5) is 4.39 Å². The number of carbonyl (C=O) groups is 2. The summed E-state index contributed by atoms with van der Waals surface area (Å²) in [4.78, 5) is 29.5. The zero-order valence-electron chi connectivity index (χ0n) is 14.9. The molecule has 0 saturated heterocycles. The average Bonchev–Trinajstić information content (AvgIpc) is 2.91. The highest BCUT2D eigenvalue weighted by molar-refractivity contribution is 9.10. The topological polar surface area (TPSA) is 53.2 Å². The third-order valence-electron chi connectivity index (χ3n) is 4.25. The number of nitrogens with one attached hydrogen (secondary N) is 1. The molecule has 2 rings (SSSR count). The molecule has 1 heterocycles. The fraction of sp³-hybridized carbons (Fsp3) is 0.368. The lowest BCUT2D eigenvalue weighted by atomic mass is 10.0. The highest BCUT2D eigenvalue weighted by Crippen LogP contribution is 2.23. The van der Waals surface area contributed by atoms with E-state index in [1.54, 1.807) is 24.0 Å². The first-order valence-corrected chi connectivity index (χ1v) is 9.04. The first-order chi connectivity index (χ1) is 11.8. The van der Waals surface area contributed by atoms with E-state index < -0.39 is 0 Å². The molecule has 1 N–H and O–H groups in total. The SMILES string of the molecule is CCc1c(C(=O)N(CC)Cc2cc(Br)ccc2F)[nH]c(C)c1C(C)=O. The summed E-state index contributed by atoms with van der Waals surface area (Å²) in [6.07, 6.45) is 0.573. The highest BCUT2D eigenvalue weighted by Gasteiger charge is 2.25. The molecule has 0 fully saturated rings. The number of benzene rings is 1. The Morgan fingerprint density at radius 3 is 2.52 bits per heavy atom. The normalized spacial score (nSPS) is 10.8. The van der Waals surface area contributed by atoms with Crippen molar-refractivity contribution in [1.82, 2.24) is 9.88 Å². The van der Waals surface area contributed by atoms with Crippen molar-refractivity contribution < 1.29 is 14.0 Å². The van der Waals surface area contributed by atoms with E-state index in [1.807, 2.05) is 13.8 Å². The summed E-state index contributed by atoms with van der Waals surface area (Å²) in [6.45, 7) is 7.64. The van der Waals surface area contributed by atoms with Gasteiger partial charge in [-0.05, 0) is 51.0 Å². The Morgan fingerprint density at radius 2 is 1.96 bits per heavy atom. The van der Waals surface area contributed by atoms with E-state index in [1.165, 1.54) is 13.0 Å². The van der Waals surface area contributed by atoms with E-state index in [0.717, 1.165) is 10.0 Å². The van der Waals surface area contributed by atoms with Crippen LogP contribution < -0.4 is 0 Å². The van der Waals surface area contributed by atoms with E-state index in [9.17, 15) is 14.0 Å². The molecule has 0 bridgehead atoms. The van der Waals surface area contributed by atoms with Crippen LogP contribution in [0.5, 0.6) is 0 Å². The van der Waals surface area contributed by atoms with Crippen molar-refractivity contribution in [2.45, 2.75) is 40.7 Å². The zero-order chi connectivity index (χ0) is 18.7. The zero-order valence-corrected chi connectivity index (χ0v) is 16.5. The Bertz CT molecular complexity index is 814. The van der Waals surface area contributed by atoms with Gasteiger partial charge in [0.1, 0.15) is 11.5 Å². The molecule has 2 aromatic rings. The van der Waals surface area contributed by atoms with Gasteiger partial charge < -0.3 is 9.88 Å². The third kappa shape index (κ3) is 4.00. The van der Waals surface area contributed by atoms with Gasteiger partial charge in [-0.2, -0.15) is 0 Å². The van der Waals surface area contributed by atoms with Gasteiger partial charge in [-0.15, -0.1) is 0 Å². The average molecular weight is 409 g/mol. The van der Waals surface area contributed by atoms with Crippen molar-refractivity contribution in [2.75, 3.05) is 6.54 Å². The van der Waals surface area contributed by atoms with Crippen molar-refractivity contribution in [2.24, 2.45) is 0 Å². The standard InChI is InChI=1S/C19H22BrFN2O2/c1-5-15-17(12(4)24)11(3)22-18(15)19(25)23(6-2)10-13-9-14(20)7-8-16(13)21/h7-9,22H,5-6,10H2,1-4H3. The molecule has 0 radical (unpaired) electrons. The second-order valence-electron chi connectivity index (χ2n) is 5.94. The smallest absolute Gasteiger partial charge is 0.270 e. The van der Waals surface area contributed by atoms with E-state index >= 15 is 0 Å². The Morgan fingerprint density at radius 1 is 1.28 bits per heavy atom. The van der Waals surface area contributed by atoms with Gasteiger partial charge in [-0.25, -0.2) is 4.39 Å². The second-order valence-corrected chi connectivity index (χ2v) is 6.86. The number of Topliss-reactive ketones (excluding diaryl/α,β-unsaturated/α-hetero) is 1. The predicted octanol–water partition coefficient (Wildman–Crippen LogP) is 4.65. The first kappa shape index (κ1) is 19.4. The molecule has 0 aliphatic heterocycles. The molecule has 0 saturated carbocycles. The van der Waals surface area contributed by atoms with Crippen LogP contribution in [-0.4, -0.2) is 28.1 Å². The number of rotatable bonds is 6. The van der Waals surface area contributed by atoms with Gasteiger partial charge in [0.05, 0.1) is 0 Å². The van der Waals surface area contributed by atoms with Crippen molar-refractivity contribution in [3.8, 4) is 0 Å². The van der Waals surface area contributed by atoms with Gasteiger partial charge in [0.2, 0.25) is 0 Å². The molecule has 0 atom stereocenters. The minimum Gasteiger partial charge on any atom is -0.354 e. The minimum atomic E-state index is -0.350.